The molecule has 4 nitrogen and oxygen atoms in total. The zero-order chi connectivity index (χ0) is 12.0. The largest absolute Gasteiger partial charge is 0.481 e. The molecule has 1 unspecified atom stereocenters. The highest BCUT2D eigenvalue weighted by molar-refractivity contribution is 5.67. The summed E-state index contributed by atoms with van der Waals surface area (Å²) in [4.78, 5) is 13.0. The van der Waals surface area contributed by atoms with Crippen molar-refractivity contribution in [3.05, 3.63) is 0 Å². The molecule has 1 rings (SSSR count). The van der Waals surface area contributed by atoms with Gasteiger partial charge in [0.05, 0.1) is 6.42 Å². The number of nitrogens with one attached hydrogen (secondary N) is 1. The quantitative estimate of drug-likeness (QED) is 0.716. The average Bonchev–Trinajstić information content (AvgIpc) is 2.26. The zero-order valence-electron chi connectivity index (χ0n) is 10.4. The normalized spacial score (nSPS) is 19.9. The Labute approximate surface area is 98.0 Å². The van der Waals surface area contributed by atoms with Gasteiger partial charge in [0, 0.05) is 12.6 Å². The summed E-state index contributed by atoms with van der Waals surface area (Å²) >= 11 is 0. The molecule has 0 amide bonds. The Kier molecular flexibility index (Phi) is 5.77. The van der Waals surface area contributed by atoms with E-state index in [9.17, 15) is 4.79 Å². The van der Waals surface area contributed by atoms with Crippen LogP contribution in [0.2, 0.25) is 0 Å². The van der Waals surface area contributed by atoms with Crippen molar-refractivity contribution in [1.29, 1.82) is 0 Å². The van der Waals surface area contributed by atoms with Gasteiger partial charge in [-0.3, -0.25) is 4.79 Å². The fourth-order valence-corrected chi connectivity index (χ4v) is 2.40. The number of nitrogens with zero attached hydrogens (tertiary/aromatic N) is 1. The SMILES string of the molecule is CCN(CC1CCNCC1)C(C)CC(=O)O. The third-order valence-electron chi connectivity index (χ3n) is 3.45. The lowest BCUT2D eigenvalue weighted by Crippen LogP contribution is -2.41. The molecule has 0 spiro atoms. The van der Waals surface area contributed by atoms with Crippen LogP contribution in [0.1, 0.15) is 33.1 Å². The highest BCUT2D eigenvalue weighted by atomic mass is 16.4. The number of hydrogen-bond donors (Lipinski definition) is 2. The van der Waals surface area contributed by atoms with Crippen molar-refractivity contribution >= 4 is 5.97 Å². The Morgan fingerprint density at radius 1 is 1.50 bits per heavy atom. The monoisotopic (exact) mass is 228 g/mol. The number of carboxylic acids is 1. The van der Waals surface area contributed by atoms with E-state index < -0.39 is 5.97 Å². The summed E-state index contributed by atoms with van der Waals surface area (Å²) in [6, 6.07) is 0.150. The molecule has 1 aliphatic rings. The minimum Gasteiger partial charge on any atom is -0.481 e. The molecular formula is C12H24N2O2. The number of rotatable bonds is 6. The number of hydrogen-bond acceptors (Lipinski definition) is 3. The maximum absolute atomic E-state index is 10.7. The predicted molar refractivity (Wildman–Crippen MR) is 64.6 cm³/mol. The van der Waals surface area contributed by atoms with Crippen LogP contribution in [-0.4, -0.2) is 48.2 Å². The molecule has 0 aromatic rings. The lowest BCUT2D eigenvalue weighted by molar-refractivity contribution is -0.138. The van der Waals surface area contributed by atoms with Crippen molar-refractivity contribution in [2.75, 3.05) is 26.2 Å². The van der Waals surface area contributed by atoms with Crippen LogP contribution in [0.4, 0.5) is 0 Å². The molecular weight excluding hydrogens is 204 g/mol. The van der Waals surface area contributed by atoms with Crippen molar-refractivity contribution in [3.8, 4) is 0 Å². The number of carboxylic acid groups (broad SMARTS) is 1. The number of piperidine rings is 1. The highest BCUT2D eigenvalue weighted by Crippen LogP contribution is 2.15. The van der Waals surface area contributed by atoms with Gasteiger partial charge >= 0.3 is 5.97 Å². The second-order valence-corrected chi connectivity index (χ2v) is 4.73. The first kappa shape index (κ1) is 13.5. The van der Waals surface area contributed by atoms with Crippen molar-refractivity contribution in [1.82, 2.24) is 10.2 Å². The molecule has 0 aromatic heterocycles. The van der Waals surface area contributed by atoms with Gasteiger partial charge in [0.2, 0.25) is 0 Å². The summed E-state index contributed by atoms with van der Waals surface area (Å²) in [5.74, 6) is 0.0358. The second kappa shape index (κ2) is 6.86. The van der Waals surface area contributed by atoms with Crippen LogP contribution in [0, 0.1) is 5.92 Å². The van der Waals surface area contributed by atoms with Crippen molar-refractivity contribution in [3.63, 3.8) is 0 Å². The maximum atomic E-state index is 10.7. The van der Waals surface area contributed by atoms with Gasteiger partial charge in [-0.15, -0.1) is 0 Å². The highest BCUT2D eigenvalue weighted by Gasteiger charge is 2.20. The zero-order valence-corrected chi connectivity index (χ0v) is 10.4. The van der Waals surface area contributed by atoms with Gasteiger partial charge in [-0.1, -0.05) is 6.92 Å². The standard InChI is InChI=1S/C12H24N2O2/c1-3-14(10(2)8-12(15)16)9-11-4-6-13-7-5-11/h10-11,13H,3-9H2,1-2H3,(H,15,16). The van der Waals surface area contributed by atoms with Crippen LogP contribution in [0.3, 0.4) is 0 Å². The summed E-state index contributed by atoms with van der Waals surface area (Å²) in [5, 5.41) is 12.2. The minimum atomic E-state index is -0.698. The molecule has 2 N–H and O–H groups in total. The first-order chi connectivity index (χ1) is 7.63. The Morgan fingerprint density at radius 2 is 2.12 bits per heavy atom. The summed E-state index contributed by atoms with van der Waals surface area (Å²) in [6.45, 7) is 8.33. The fraction of sp³-hybridized carbons (Fsp3) is 0.917. The van der Waals surface area contributed by atoms with Gasteiger partial charge in [-0.2, -0.15) is 0 Å². The van der Waals surface area contributed by atoms with E-state index in [-0.39, 0.29) is 12.5 Å². The van der Waals surface area contributed by atoms with E-state index in [1.165, 1.54) is 12.8 Å². The Morgan fingerprint density at radius 3 is 2.62 bits per heavy atom. The molecule has 1 atom stereocenters. The van der Waals surface area contributed by atoms with Crippen LogP contribution in [0.25, 0.3) is 0 Å². The lowest BCUT2D eigenvalue weighted by atomic mass is 9.96. The molecule has 0 radical (unpaired) electrons. The first-order valence-corrected chi connectivity index (χ1v) is 6.30. The molecule has 94 valence electrons. The van der Waals surface area contributed by atoms with E-state index in [1.807, 2.05) is 6.92 Å². The molecule has 1 aliphatic heterocycles. The topological polar surface area (TPSA) is 52.6 Å². The van der Waals surface area contributed by atoms with Crippen molar-refractivity contribution in [2.24, 2.45) is 5.92 Å². The second-order valence-electron chi connectivity index (χ2n) is 4.73. The molecule has 1 saturated heterocycles. The van der Waals surface area contributed by atoms with E-state index in [2.05, 4.69) is 17.1 Å². The maximum Gasteiger partial charge on any atom is 0.304 e. The van der Waals surface area contributed by atoms with Gasteiger partial charge in [0.1, 0.15) is 0 Å². The predicted octanol–water partition coefficient (Wildman–Crippen LogP) is 1.17. The molecule has 16 heavy (non-hydrogen) atoms. The van der Waals surface area contributed by atoms with E-state index in [0.717, 1.165) is 32.1 Å². The fourth-order valence-electron chi connectivity index (χ4n) is 2.40. The van der Waals surface area contributed by atoms with Crippen molar-refractivity contribution < 1.29 is 9.90 Å². The van der Waals surface area contributed by atoms with E-state index in [4.69, 9.17) is 5.11 Å². The summed E-state index contributed by atoms with van der Waals surface area (Å²) < 4.78 is 0. The third kappa shape index (κ3) is 4.49. The molecule has 1 fully saturated rings. The van der Waals surface area contributed by atoms with E-state index >= 15 is 0 Å². The van der Waals surface area contributed by atoms with Crippen LogP contribution in [0.15, 0.2) is 0 Å². The molecule has 0 bridgehead atoms. The Bertz CT molecular complexity index is 215. The summed E-state index contributed by atoms with van der Waals surface area (Å²) in [7, 11) is 0. The van der Waals surface area contributed by atoms with E-state index in [1.54, 1.807) is 0 Å². The van der Waals surface area contributed by atoms with E-state index in [0.29, 0.717) is 0 Å². The summed E-state index contributed by atoms with van der Waals surface area (Å²) in [6.07, 6.45) is 2.69. The molecule has 0 aliphatic carbocycles. The van der Waals surface area contributed by atoms with Crippen LogP contribution in [0.5, 0.6) is 0 Å². The van der Waals surface area contributed by atoms with Gasteiger partial charge in [0.15, 0.2) is 0 Å². The molecule has 4 heteroatoms. The van der Waals surface area contributed by atoms with Gasteiger partial charge in [-0.05, 0) is 45.3 Å². The van der Waals surface area contributed by atoms with Crippen LogP contribution < -0.4 is 5.32 Å². The number of aliphatic carboxylic acids is 1. The average molecular weight is 228 g/mol. The van der Waals surface area contributed by atoms with Crippen molar-refractivity contribution in [2.45, 2.75) is 39.2 Å². The minimum absolute atomic E-state index is 0.150. The lowest BCUT2D eigenvalue weighted by Gasteiger charge is -2.32. The Hall–Kier alpha value is -0.610. The molecule has 0 saturated carbocycles. The third-order valence-corrected chi connectivity index (χ3v) is 3.45. The number of carbonyl (C=O) groups is 1. The smallest absolute Gasteiger partial charge is 0.304 e. The molecule has 1 heterocycles. The van der Waals surface area contributed by atoms with Crippen LogP contribution in [-0.2, 0) is 4.79 Å². The van der Waals surface area contributed by atoms with Gasteiger partial charge < -0.3 is 15.3 Å². The Balaban J connectivity index is 2.37. The summed E-state index contributed by atoms with van der Waals surface area (Å²) in [5.41, 5.74) is 0. The first-order valence-electron chi connectivity index (χ1n) is 6.30. The van der Waals surface area contributed by atoms with Gasteiger partial charge in [-0.25, -0.2) is 0 Å². The van der Waals surface area contributed by atoms with Gasteiger partial charge in [0.25, 0.3) is 0 Å². The van der Waals surface area contributed by atoms with Crippen LogP contribution >= 0.6 is 0 Å². The molecule has 0 aromatic carbocycles.